The zero-order valence-electron chi connectivity index (χ0n) is 12.5. The number of amides is 1. The number of carbonyl (C=O) groups is 2. The van der Waals surface area contributed by atoms with Crippen LogP contribution in [0.2, 0.25) is 0 Å². The molecule has 1 aliphatic rings. The maximum absolute atomic E-state index is 12.7. The maximum atomic E-state index is 12.7. The summed E-state index contributed by atoms with van der Waals surface area (Å²) in [6, 6.07) is 13.3. The van der Waals surface area contributed by atoms with Crippen molar-refractivity contribution in [1.82, 2.24) is 9.47 Å². The van der Waals surface area contributed by atoms with Gasteiger partial charge in [-0.3, -0.25) is 9.59 Å². The molecule has 0 saturated heterocycles. The van der Waals surface area contributed by atoms with Gasteiger partial charge in [-0.25, -0.2) is 0 Å². The highest BCUT2D eigenvalue weighted by Gasteiger charge is 2.32. The highest BCUT2D eigenvalue weighted by molar-refractivity contribution is 5.98. The summed E-state index contributed by atoms with van der Waals surface area (Å²) in [7, 11) is 0. The second-order valence-electron chi connectivity index (χ2n) is 5.50. The molecule has 1 aliphatic heterocycles. The minimum Gasteiger partial charge on any atom is -0.331 e. The number of carbonyl (C=O) groups excluding carboxylic acids is 2. The van der Waals surface area contributed by atoms with Crippen LogP contribution in [-0.2, 0) is 6.54 Å². The van der Waals surface area contributed by atoms with Gasteiger partial charge in [-0.1, -0.05) is 36.4 Å². The topological polar surface area (TPSA) is 42.3 Å². The standard InChI is InChI=1S/C18H18N2O2/c1-3-15-12-19(11-14-7-5-4-6-8-14)18(22)17-10-9-16(13(2)21)20(15)17/h3-10,15H,1,11-12H2,2H3/t15-/m1/s1. The first-order valence-electron chi connectivity index (χ1n) is 7.29. The van der Waals surface area contributed by atoms with Crippen molar-refractivity contribution in [3.63, 3.8) is 0 Å². The van der Waals surface area contributed by atoms with Gasteiger partial charge in [-0.2, -0.15) is 0 Å². The van der Waals surface area contributed by atoms with E-state index in [4.69, 9.17) is 0 Å². The van der Waals surface area contributed by atoms with Crippen molar-refractivity contribution < 1.29 is 9.59 Å². The lowest BCUT2D eigenvalue weighted by atomic mass is 10.1. The molecule has 2 aromatic rings. The summed E-state index contributed by atoms with van der Waals surface area (Å²) in [6.45, 7) is 6.46. The van der Waals surface area contributed by atoms with Crippen molar-refractivity contribution in [3.8, 4) is 0 Å². The van der Waals surface area contributed by atoms with Crippen LogP contribution in [0.25, 0.3) is 0 Å². The Morgan fingerprint density at radius 3 is 2.64 bits per heavy atom. The second-order valence-corrected chi connectivity index (χ2v) is 5.50. The number of nitrogens with zero attached hydrogens (tertiary/aromatic N) is 2. The maximum Gasteiger partial charge on any atom is 0.270 e. The fraction of sp³-hybridized carbons (Fsp3) is 0.222. The molecule has 2 heterocycles. The highest BCUT2D eigenvalue weighted by Crippen LogP contribution is 2.27. The Bertz CT molecular complexity index is 731. The van der Waals surface area contributed by atoms with Crippen LogP contribution < -0.4 is 0 Å². The number of rotatable bonds is 4. The molecule has 0 saturated carbocycles. The summed E-state index contributed by atoms with van der Waals surface area (Å²) in [5.41, 5.74) is 2.20. The summed E-state index contributed by atoms with van der Waals surface area (Å²) < 4.78 is 1.80. The van der Waals surface area contributed by atoms with Crippen molar-refractivity contribution in [2.75, 3.05) is 6.54 Å². The molecule has 22 heavy (non-hydrogen) atoms. The Kier molecular flexibility index (Phi) is 3.67. The number of Topliss-reactive ketones (excluding diaryl/α,β-unsaturated/α-hetero) is 1. The van der Waals surface area contributed by atoms with Gasteiger partial charge in [0.15, 0.2) is 5.78 Å². The van der Waals surface area contributed by atoms with Crippen molar-refractivity contribution in [3.05, 3.63) is 72.1 Å². The lowest BCUT2D eigenvalue weighted by Gasteiger charge is -2.34. The number of aromatic nitrogens is 1. The van der Waals surface area contributed by atoms with E-state index in [0.717, 1.165) is 5.56 Å². The normalized spacial score (nSPS) is 17.2. The molecular formula is C18H18N2O2. The third-order valence-electron chi connectivity index (χ3n) is 4.01. The highest BCUT2D eigenvalue weighted by atomic mass is 16.2. The molecule has 1 atom stereocenters. The van der Waals surface area contributed by atoms with E-state index in [2.05, 4.69) is 6.58 Å². The van der Waals surface area contributed by atoms with Gasteiger partial charge in [0.2, 0.25) is 0 Å². The van der Waals surface area contributed by atoms with Crippen molar-refractivity contribution in [1.29, 1.82) is 0 Å². The Balaban J connectivity index is 1.96. The van der Waals surface area contributed by atoms with Crippen LogP contribution in [0.5, 0.6) is 0 Å². The molecule has 3 rings (SSSR count). The van der Waals surface area contributed by atoms with E-state index in [1.165, 1.54) is 6.92 Å². The first-order chi connectivity index (χ1) is 10.6. The van der Waals surface area contributed by atoms with Crippen LogP contribution >= 0.6 is 0 Å². The van der Waals surface area contributed by atoms with Gasteiger partial charge >= 0.3 is 0 Å². The summed E-state index contributed by atoms with van der Waals surface area (Å²) in [5.74, 6) is -0.0862. The summed E-state index contributed by atoms with van der Waals surface area (Å²) in [4.78, 5) is 26.2. The Labute approximate surface area is 129 Å². The average molecular weight is 294 g/mol. The van der Waals surface area contributed by atoms with Crippen LogP contribution in [0, 0.1) is 0 Å². The van der Waals surface area contributed by atoms with Gasteiger partial charge in [-0.05, 0) is 17.7 Å². The van der Waals surface area contributed by atoms with Crippen LogP contribution in [-0.4, -0.2) is 27.7 Å². The molecule has 0 unspecified atom stereocenters. The lowest BCUT2D eigenvalue weighted by Crippen LogP contribution is -2.42. The molecule has 0 spiro atoms. The van der Waals surface area contributed by atoms with E-state index in [-0.39, 0.29) is 17.7 Å². The number of hydrogen-bond donors (Lipinski definition) is 0. The zero-order valence-corrected chi connectivity index (χ0v) is 12.5. The smallest absolute Gasteiger partial charge is 0.270 e. The molecule has 4 heteroatoms. The number of benzene rings is 1. The van der Waals surface area contributed by atoms with E-state index in [1.807, 2.05) is 30.3 Å². The number of ketones is 1. The van der Waals surface area contributed by atoms with Gasteiger partial charge < -0.3 is 9.47 Å². The molecule has 0 N–H and O–H groups in total. The predicted molar refractivity (Wildman–Crippen MR) is 84.9 cm³/mol. The lowest BCUT2D eigenvalue weighted by molar-refractivity contribution is 0.0671. The second kappa shape index (κ2) is 5.64. The van der Waals surface area contributed by atoms with E-state index in [0.29, 0.717) is 24.5 Å². The fourth-order valence-electron chi connectivity index (χ4n) is 2.94. The van der Waals surface area contributed by atoms with Gasteiger partial charge in [0, 0.05) is 20.0 Å². The number of fused-ring (bicyclic) bond motifs is 1. The minimum absolute atomic E-state index is 0.0394. The minimum atomic E-state index is -0.0784. The van der Waals surface area contributed by atoms with Crippen molar-refractivity contribution in [2.45, 2.75) is 19.5 Å². The van der Waals surface area contributed by atoms with E-state index in [1.54, 1.807) is 27.7 Å². The molecule has 112 valence electrons. The monoisotopic (exact) mass is 294 g/mol. The van der Waals surface area contributed by atoms with Gasteiger partial charge in [0.05, 0.1) is 11.7 Å². The molecule has 0 bridgehead atoms. The SMILES string of the molecule is C=C[C@@H]1CN(Cc2ccccc2)C(=O)c2ccc(C(C)=O)n21. The van der Waals surface area contributed by atoms with Crippen molar-refractivity contribution >= 4 is 11.7 Å². The zero-order chi connectivity index (χ0) is 15.7. The van der Waals surface area contributed by atoms with Crippen molar-refractivity contribution in [2.24, 2.45) is 0 Å². The fourth-order valence-corrected chi connectivity index (χ4v) is 2.94. The summed E-state index contributed by atoms with van der Waals surface area (Å²) in [5, 5.41) is 0. The predicted octanol–water partition coefficient (Wildman–Crippen LogP) is 3.07. The quantitative estimate of drug-likeness (QED) is 0.642. The molecule has 1 amide bonds. The van der Waals surface area contributed by atoms with E-state index >= 15 is 0 Å². The third-order valence-corrected chi connectivity index (χ3v) is 4.01. The first kappa shape index (κ1) is 14.3. The van der Waals surface area contributed by atoms with Crippen LogP contribution in [0.3, 0.4) is 0 Å². The Morgan fingerprint density at radius 2 is 2.00 bits per heavy atom. The summed E-state index contributed by atoms with van der Waals surface area (Å²) in [6.07, 6.45) is 1.79. The summed E-state index contributed by atoms with van der Waals surface area (Å²) >= 11 is 0. The van der Waals surface area contributed by atoms with Crippen LogP contribution in [0.4, 0.5) is 0 Å². The van der Waals surface area contributed by atoms with Crippen LogP contribution in [0.15, 0.2) is 55.1 Å². The molecule has 4 nitrogen and oxygen atoms in total. The van der Waals surface area contributed by atoms with Gasteiger partial charge in [-0.15, -0.1) is 6.58 Å². The Hall–Kier alpha value is -2.62. The molecule has 0 radical (unpaired) electrons. The number of hydrogen-bond acceptors (Lipinski definition) is 2. The molecular weight excluding hydrogens is 276 g/mol. The van der Waals surface area contributed by atoms with Crippen LogP contribution in [0.1, 0.15) is 39.5 Å². The van der Waals surface area contributed by atoms with Gasteiger partial charge in [0.1, 0.15) is 5.69 Å². The largest absolute Gasteiger partial charge is 0.331 e. The van der Waals surface area contributed by atoms with Gasteiger partial charge in [0.25, 0.3) is 5.91 Å². The molecule has 1 aromatic carbocycles. The molecule has 0 aliphatic carbocycles. The Morgan fingerprint density at radius 1 is 1.27 bits per heavy atom. The third kappa shape index (κ3) is 2.37. The molecule has 1 aromatic heterocycles. The van der Waals surface area contributed by atoms with E-state index < -0.39 is 0 Å². The average Bonchev–Trinajstić information content (AvgIpc) is 2.97. The molecule has 0 fully saturated rings. The first-order valence-corrected chi connectivity index (χ1v) is 7.29. The van der Waals surface area contributed by atoms with E-state index in [9.17, 15) is 9.59 Å².